The van der Waals surface area contributed by atoms with Crippen molar-refractivity contribution in [2.45, 2.75) is 4.90 Å². The topological polar surface area (TPSA) is 113 Å². The Bertz CT molecular complexity index is 739. The molecule has 1 heterocycles. The molecule has 0 aliphatic carbocycles. The summed E-state index contributed by atoms with van der Waals surface area (Å²) in [6.07, 6.45) is 0. The molecule has 1 aliphatic rings. The second-order valence-corrected chi connectivity index (χ2v) is 6.92. The Kier molecular flexibility index (Phi) is 5.30. The predicted octanol–water partition coefficient (Wildman–Crippen LogP) is -0.379. The van der Waals surface area contributed by atoms with Crippen molar-refractivity contribution in [1.29, 1.82) is 0 Å². The van der Waals surface area contributed by atoms with Crippen LogP contribution in [0.3, 0.4) is 0 Å². The molecule has 2 rings (SSSR count). The number of sulfonamides is 1. The number of methoxy groups -OCH3 is 2. The van der Waals surface area contributed by atoms with E-state index < -0.39 is 21.9 Å². The van der Waals surface area contributed by atoms with E-state index in [1.807, 2.05) is 0 Å². The zero-order valence-electron chi connectivity index (χ0n) is 13.3. The average Bonchev–Trinajstić information content (AvgIpc) is 2.60. The molecular weight excluding hydrogens is 340 g/mol. The van der Waals surface area contributed by atoms with Crippen molar-refractivity contribution in [2.75, 3.05) is 40.4 Å². The summed E-state index contributed by atoms with van der Waals surface area (Å²) in [6, 6.07) is 4.37. The number of amides is 1. The maximum absolute atomic E-state index is 12.8. The molecule has 1 aromatic carbocycles. The summed E-state index contributed by atoms with van der Waals surface area (Å²) in [4.78, 5) is 23.2. The number of ether oxygens (including phenoxy) is 2. The quantitative estimate of drug-likeness (QED) is 0.730. The number of nitrogens with zero attached hydrogens (tertiary/aromatic N) is 2. The van der Waals surface area contributed by atoms with Gasteiger partial charge in [-0.15, -0.1) is 0 Å². The highest BCUT2D eigenvalue weighted by Crippen LogP contribution is 2.31. The van der Waals surface area contributed by atoms with Crippen LogP contribution in [0.4, 0.5) is 0 Å². The molecule has 1 aliphatic heterocycles. The van der Waals surface area contributed by atoms with Gasteiger partial charge in [-0.1, -0.05) is 0 Å². The van der Waals surface area contributed by atoms with Gasteiger partial charge in [0.2, 0.25) is 10.0 Å². The number of benzene rings is 1. The van der Waals surface area contributed by atoms with Crippen LogP contribution in [0.15, 0.2) is 23.1 Å². The van der Waals surface area contributed by atoms with E-state index in [-0.39, 0.29) is 36.8 Å². The monoisotopic (exact) mass is 358 g/mol. The van der Waals surface area contributed by atoms with Crippen molar-refractivity contribution in [3.05, 3.63) is 18.2 Å². The molecule has 1 fully saturated rings. The van der Waals surface area contributed by atoms with Crippen LogP contribution < -0.4 is 9.47 Å². The Morgan fingerprint density at radius 2 is 1.71 bits per heavy atom. The molecule has 0 bridgehead atoms. The first-order chi connectivity index (χ1) is 11.3. The summed E-state index contributed by atoms with van der Waals surface area (Å²) in [6.45, 7) is 0.0543. The minimum atomic E-state index is -3.83. The summed E-state index contributed by atoms with van der Waals surface area (Å²) in [5.74, 6) is -1.97. The summed E-state index contributed by atoms with van der Waals surface area (Å²) >= 11 is 0. The molecule has 0 unspecified atom stereocenters. The van der Waals surface area contributed by atoms with Gasteiger partial charge in [0.15, 0.2) is 0 Å². The first kappa shape index (κ1) is 18.0. The number of hydrogen-bond acceptors (Lipinski definition) is 6. The van der Waals surface area contributed by atoms with E-state index in [1.54, 1.807) is 0 Å². The van der Waals surface area contributed by atoms with Crippen LogP contribution in [0.2, 0.25) is 0 Å². The standard InChI is InChI=1S/C14H18N2O7S/c1-22-10-3-4-12(11(9-10)23-2)24(20,21)16-7-5-15(6-8-16)13(17)14(18)19/h3-4,9H,5-8H2,1-2H3,(H,18,19). The highest BCUT2D eigenvalue weighted by atomic mass is 32.2. The molecule has 1 aromatic rings. The third-order valence-electron chi connectivity index (χ3n) is 3.70. The molecule has 0 atom stereocenters. The fraction of sp³-hybridized carbons (Fsp3) is 0.429. The summed E-state index contributed by atoms with van der Waals surface area (Å²) in [5, 5.41) is 8.70. The Balaban J connectivity index is 2.21. The van der Waals surface area contributed by atoms with Gasteiger partial charge in [0.1, 0.15) is 16.4 Å². The fourth-order valence-corrected chi connectivity index (χ4v) is 3.95. The Labute approximate surface area is 139 Å². The maximum Gasteiger partial charge on any atom is 0.394 e. The van der Waals surface area contributed by atoms with Crippen LogP contribution in [0.1, 0.15) is 0 Å². The third-order valence-corrected chi connectivity index (χ3v) is 5.64. The number of aliphatic carboxylic acids is 1. The van der Waals surface area contributed by atoms with E-state index in [0.29, 0.717) is 5.75 Å². The molecule has 9 nitrogen and oxygen atoms in total. The van der Waals surface area contributed by atoms with Crippen LogP contribution in [0, 0.1) is 0 Å². The van der Waals surface area contributed by atoms with Crippen molar-refractivity contribution in [2.24, 2.45) is 0 Å². The Morgan fingerprint density at radius 3 is 2.21 bits per heavy atom. The fourth-order valence-electron chi connectivity index (χ4n) is 2.39. The lowest BCUT2D eigenvalue weighted by Crippen LogP contribution is -2.52. The number of carboxylic acids is 1. The first-order valence-electron chi connectivity index (χ1n) is 7.05. The second-order valence-electron chi connectivity index (χ2n) is 5.02. The van der Waals surface area contributed by atoms with Crippen LogP contribution >= 0.6 is 0 Å². The lowest BCUT2D eigenvalue weighted by Gasteiger charge is -2.33. The highest BCUT2D eigenvalue weighted by Gasteiger charge is 2.33. The van der Waals surface area contributed by atoms with E-state index in [2.05, 4.69) is 0 Å². The number of carboxylic acid groups (broad SMARTS) is 1. The van der Waals surface area contributed by atoms with Crippen molar-refractivity contribution >= 4 is 21.9 Å². The number of piperazine rings is 1. The summed E-state index contributed by atoms with van der Waals surface area (Å²) in [7, 11) is -1.01. The zero-order chi connectivity index (χ0) is 17.9. The maximum atomic E-state index is 12.8. The van der Waals surface area contributed by atoms with Crippen LogP contribution in [0.5, 0.6) is 11.5 Å². The van der Waals surface area contributed by atoms with Gasteiger partial charge in [-0.05, 0) is 12.1 Å². The molecule has 1 amide bonds. The van der Waals surface area contributed by atoms with Gasteiger partial charge in [0.25, 0.3) is 0 Å². The molecule has 0 aromatic heterocycles. The smallest absolute Gasteiger partial charge is 0.394 e. The molecule has 0 radical (unpaired) electrons. The van der Waals surface area contributed by atoms with Crippen LogP contribution in [-0.4, -0.2) is 75.0 Å². The summed E-state index contributed by atoms with van der Waals surface area (Å²) < 4.78 is 36.9. The number of rotatable bonds is 4. The van der Waals surface area contributed by atoms with Crippen molar-refractivity contribution in [3.63, 3.8) is 0 Å². The highest BCUT2D eigenvalue weighted by molar-refractivity contribution is 7.89. The number of hydrogen-bond donors (Lipinski definition) is 1. The largest absolute Gasteiger partial charge is 0.497 e. The molecule has 10 heteroatoms. The third kappa shape index (κ3) is 3.44. The van der Waals surface area contributed by atoms with Crippen LogP contribution in [0.25, 0.3) is 0 Å². The van der Waals surface area contributed by atoms with Gasteiger partial charge in [-0.25, -0.2) is 13.2 Å². The lowest BCUT2D eigenvalue weighted by atomic mass is 10.3. The first-order valence-corrected chi connectivity index (χ1v) is 8.49. The summed E-state index contributed by atoms with van der Waals surface area (Å²) in [5.41, 5.74) is 0. The van der Waals surface area contributed by atoms with Crippen LogP contribution in [-0.2, 0) is 19.6 Å². The van der Waals surface area contributed by atoms with E-state index in [1.165, 1.54) is 36.7 Å². The average molecular weight is 358 g/mol. The Hall–Kier alpha value is -2.33. The molecule has 0 spiro atoms. The lowest BCUT2D eigenvalue weighted by molar-refractivity contribution is -0.156. The van der Waals surface area contributed by atoms with Crippen molar-refractivity contribution in [3.8, 4) is 11.5 Å². The molecule has 1 N–H and O–H groups in total. The van der Waals surface area contributed by atoms with E-state index in [0.717, 1.165) is 4.90 Å². The van der Waals surface area contributed by atoms with E-state index in [9.17, 15) is 18.0 Å². The van der Waals surface area contributed by atoms with Gasteiger partial charge >= 0.3 is 11.9 Å². The van der Waals surface area contributed by atoms with E-state index >= 15 is 0 Å². The zero-order valence-corrected chi connectivity index (χ0v) is 14.1. The van der Waals surface area contributed by atoms with Gasteiger partial charge in [-0.2, -0.15) is 4.31 Å². The second kappa shape index (κ2) is 7.05. The molecular formula is C14H18N2O7S. The number of carbonyl (C=O) groups excluding carboxylic acids is 1. The van der Waals surface area contributed by atoms with Gasteiger partial charge in [0.05, 0.1) is 14.2 Å². The predicted molar refractivity (Wildman–Crippen MR) is 82.5 cm³/mol. The molecule has 24 heavy (non-hydrogen) atoms. The van der Waals surface area contributed by atoms with Gasteiger partial charge in [-0.3, -0.25) is 4.79 Å². The van der Waals surface area contributed by atoms with Crippen molar-refractivity contribution < 1.29 is 32.6 Å². The van der Waals surface area contributed by atoms with E-state index in [4.69, 9.17) is 14.6 Å². The van der Waals surface area contributed by atoms with Gasteiger partial charge < -0.3 is 19.5 Å². The van der Waals surface area contributed by atoms with Crippen molar-refractivity contribution in [1.82, 2.24) is 9.21 Å². The molecule has 1 saturated heterocycles. The SMILES string of the molecule is COc1ccc(S(=O)(=O)N2CCN(C(=O)C(=O)O)CC2)c(OC)c1. The normalized spacial score (nSPS) is 15.8. The minimum Gasteiger partial charge on any atom is -0.497 e. The molecule has 0 saturated carbocycles. The van der Waals surface area contributed by atoms with Gasteiger partial charge in [0, 0.05) is 32.2 Å². The minimum absolute atomic E-state index is 0.0104. The molecule has 132 valence electrons. The Morgan fingerprint density at radius 1 is 1.08 bits per heavy atom. The number of carbonyl (C=O) groups is 2.